The van der Waals surface area contributed by atoms with Gasteiger partial charge in [-0.1, -0.05) is 31.6 Å². The van der Waals surface area contributed by atoms with Crippen LogP contribution in [0.2, 0.25) is 0 Å². The Morgan fingerprint density at radius 3 is 2.83 bits per heavy atom. The van der Waals surface area contributed by atoms with Crippen LogP contribution < -0.4 is 4.90 Å². The molecule has 1 N–H and O–H groups in total. The third kappa shape index (κ3) is 2.86. The fourth-order valence-corrected chi connectivity index (χ4v) is 3.88. The zero-order valence-electron chi connectivity index (χ0n) is 11.5. The van der Waals surface area contributed by atoms with Crippen molar-refractivity contribution in [3.05, 3.63) is 10.6 Å². The second kappa shape index (κ2) is 6.53. The first-order chi connectivity index (χ1) is 8.80. The number of aromatic nitrogens is 1. The maximum absolute atomic E-state index is 9.38. The summed E-state index contributed by atoms with van der Waals surface area (Å²) in [5.41, 5.74) is 1.08. The molecule has 0 amide bonds. The molecule has 2 rings (SSSR count). The summed E-state index contributed by atoms with van der Waals surface area (Å²) in [5.74, 6) is 0. The second-order valence-corrected chi connectivity index (χ2v) is 6.07. The highest BCUT2D eigenvalue weighted by Gasteiger charge is 2.25. The van der Waals surface area contributed by atoms with E-state index in [1.807, 2.05) is 0 Å². The van der Waals surface area contributed by atoms with Crippen LogP contribution in [0.25, 0.3) is 0 Å². The largest absolute Gasteiger partial charge is 0.391 e. The highest BCUT2D eigenvalue weighted by Crippen LogP contribution is 2.32. The number of hydrogen-bond acceptors (Lipinski definition) is 4. The van der Waals surface area contributed by atoms with Crippen LogP contribution in [0.15, 0.2) is 0 Å². The molecule has 1 unspecified atom stereocenters. The number of piperidine rings is 1. The van der Waals surface area contributed by atoms with Gasteiger partial charge in [0.15, 0.2) is 5.13 Å². The van der Waals surface area contributed by atoms with Crippen LogP contribution in [0.4, 0.5) is 5.13 Å². The fourth-order valence-electron chi connectivity index (χ4n) is 2.78. The topological polar surface area (TPSA) is 36.4 Å². The lowest BCUT2D eigenvalue weighted by Crippen LogP contribution is -2.39. The average molecular weight is 268 g/mol. The summed E-state index contributed by atoms with van der Waals surface area (Å²) < 4.78 is 0. The maximum atomic E-state index is 9.38. The number of aryl methyl sites for hydroxylation is 1. The van der Waals surface area contributed by atoms with Gasteiger partial charge in [-0.05, 0) is 32.1 Å². The van der Waals surface area contributed by atoms with E-state index in [0.29, 0.717) is 6.04 Å². The van der Waals surface area contributed by atoms with E-state index in [9.17, 15) is 5.11 Å². The molecule has 1 aromatic rings. The standard InChI is InChI=1S/C14H24N2OS/c1-3-7-11-8-5-6-9-16(11)14-15-12(4-2)13(10-17)18-14/h11,17H,3-10H2,1-2H3. The van der Waals surface area contributed by atoms with Gasteiger partial charge >= 0.3 is 0 Å². The average Bonchev–Trinajstić information content (AvgIpc) is 2.83. The smallest absolute Gasteiger partial charge is 0.186 e. The minimum atomic E-state index is 0.132. The summed E-state index contributed by atoms with van der Waals surface area (Å²) in [7, 11) is 0. The molecule has 1 aliphatic heterocycles. The van der Waals surface area contributed by atoms with Crippen LogP contribution in [0, 0.1) is 0 Å². The van der Waals surface area contributed by atoms with Gasteiger partial charge in [0.05, 0.1) is 17.2 Å². The van der Waals surface area contributed by atoms with E-state index in [-0.39, 0.29) is 6.61 Å². The van der Waals surface area contributed by atoms with E-state index in [4.69, 9.17) is 4.98 Å². The summed E-state index contributed by atoms with van der Waals surface area (Å²) in [6.45, 7) is 5.63. The Bertz CT molecular complexity index is 354. The van der Waals surface area contributed by atoms with E-state index < -0.39 is 0 Å². The molecular formula is C14H24N2OS. The first-order valence-electron chi connectivity index (χ1n) is 7.16. The SMILES string of the molecule is CCCC1CCCCN1c1nc(CC)c(CO)s1. The highest BCUT2D eigenvalue weighted by molar-refractivity contribution is 7.15. The summed E-state index contributed by atoms with van der Waals surface area (Å²) in [6.07, 6.45) is 7.33. The molecule has 0 saturated carbocycles. The summed E-state index contributed by atoms with van der Waals surface area (Å²) >= 11 is 1.69. The quantitative estimate of drug-likeness (QED) is 0.889. The van der Waals surface area contributed by atoms with Gasteiger partial charge in [0.1, 0.15) is 0 Å². The van der Waals surface area contributed by atoms with Crippen molar-refractivity contribution in [2.75, 3.05) is 11.4 Å². The molecule has 0 bridgehead atoms. The van der Waals surface area contributed by atoms with Gasteiger partial charge in [-0.3, -0.25) is 0 Å². The normalized spacial score (nSPS) is 20.4. The number of aliphatic hydroxyl groups excluding tert-OH is 1. The van der Waals surface area contributed by atoms with Crippen molar-refractivity contribution in [2.45, 2.75) is 65.0 Å². The number of anilines is 1. The third-order valence-electron chi connectivity index (χ3n) is 3.74. The number of thiazole rings is 1. The van der Waals surface area contributed by atoms with Crippen molar-refractivity contribution in [1.82, 2.24) is 4.98 Å². The monoisotopic (exact) mass is 268 g/mol. The van der Waals surface area contributed by atoms with Crippen LogP contribution in [-0.4, -0.2) is 22.7 Å². The molecule has 102 valence electrons. The molecule has 0 radical (unpaired) electrons. The molecule has 3 nitrogen and oxygen atoms in total. The fraction of sp³-hybridized carbons (Fsp3) is 0.786. The maximum Gasteiger partial charge on any atom is 0.186 e. The number of aliphatic hydroxyl groups is 1. The molecule has 1 aromatic heterocycles. The summed E-state index contributed by atoms with van der Waals surface area (Å²) in [6, 6.07) is 0.658. The molecule has 0 spiro atoms. The molecule has 18 heavy (non-hydrogen) atoms. The van der Waals surface area contributed by atoms with Gasteiger partial charge in [0.2, 0.25) is 0 Å². The molecular weight excluding hydrogens is 244 g/mol. The predicted octanol–water partition coefficient (Wildman–Crippen LogP) is 3.36. The lowest BCUT2D eigenvalue weighted by Gasteiger charge is -2.35. The molecule has 1 atom stereocenters. The molecule has 1 saturated heterocycles. The lowest BCUT2D eigenvalue weighted by molar-refractivity contribution is 0.284. The molecule has 1 aliphatic rings. The first-order valence-corrected chi connectivity index (χ1v) is 7.97. The Morgan fingerprint density at radius 2 is 2.22 bits per heavy atom. The molecule has 0 aliphatic carbocycles. The van der Waals surface area contributed by atoms with Gasteiger partial charge in [-0.15, -0.1) is 0 Å². The Balaban J connectivity index is 2.19. The zero-order chi connectivity index (χ0) is 13.0. The molecule has 1 fully saturated rings. The van der Waals surface area contributed by atoms with Gasteiger partial charge in [-0.25, -0.2) is 4.98 Å². The summed E-state index contributed by atoms with van der Waals surface area (Å²) in [5, 5.41) is 10.5. The van der Waals surface area contributed by atoms with Gasteiger partial charge in [0, 0.05) is 12.6 Å². The highest BCUT2D eigenvalue weighted by atomic mass is 32.1. The molecule has 0 aromatic carbocycles. The minimum Gasteiger partial charge on any atom is -0.391 e. The van der Waals surface area contributed by atoms with Crippen molar-refractivity contribution < 1.29 is 5.11 Å². The van der Waals surface area contributed by atoms with E-state index in [2.05, 4.69) is 18.7 Å². The zero-order valence-corrected chi connectivity index (χ0v) is 12.3. The van der Waals surface area contributed by atoms with Crippen molar-refractivity contribution in [3.63, 3.8) is 0 Å². The van der Waals surface area contributed by atoms with Crippen molar-refractivity contribution in [2.24, 2.45) is 0 Å². The van der Waals surface area contributed by atoms with Crippen LogP contribution >= 0.6 is 11.3 Å². The van der Waals surface area contributed by atoms with E-state index >= 15 is 0 Å². The Kier molecular flexibility index (Phi) is 5.01. The van der Waals surface area contributed by atoms with Crippen molar-refractivity contribution >= 4 is 16.5 Å². The van der Waals surface area contributed by atoms with Crippen LogP contribution in [0.5, 0.6) is 0 Å². The van der Waals surface area contributed by atoms with Gasteiger partial charge in [-0.2, -0.15) is 0 Å². The Morgan fingerprint density at radius 1 is 1.39 bits per heavy atom. The van der Waals surface area contributed by atoms with Crippen molar-refractivity contribution in [3.8, 4) is 0 Å². The first kappa shape index (κ1) is 13.8. The van der Waals surface area contributed by atoms with Crippen LogP contribution in [0.3, 0.4) is 0 Å². The number of hydrogen-bond donors (Lipinski definition) is 1. The number of rotatable bonds is 5. The summed E-state index contributed by atoms with van der Waals surface area (Å²) in [4.78, 5) is 8.27. The lowest BCUT2D eigenvalue weighted by atomic mass is 9.99. The van der Waals surface area contributed by atoms with E-state index in [0.717, 1.165) is 28.7 Å². The van der Waals surface area contributed by atoms with E-state index in [1.54, 1.807) is 11.3 Å². The van der Waals surface area contributed by atoms with E-state index in [1.165, 1.54) is 32.1 Å². The third-order valence-corrected chi connectivity index (χ3v) is 4.86. The van der Waals surface area contributed by atoms with Crippen LogP contribution in [0.1, 0.15) is 56.5 Å². The van der Waals surface area contributed by atoms with Gasteiger partial charge < -0.3 is 10.0 Å². The molecule has 2 heterocycles. The van der Waals surface area contributed by atoms with Crippen molar-refractivity contribution in [1.29, 1.82) is 0 Å². The minimum absolute atomic E-state index is 0.132. The van der Waals surface area contributed by atoms with Crippen LogP contribution in [-0.2, 0) is 13.0 Å². The predicted molar refractivity (Wildman–Crippen MR) is 77.3 cm³/mol. The van der Waals surface area contributed by atoms with Gasteiger partial charge in [0.25, 0.3) is 0 Å². The second-order valence-electron chi connectivity index (χ2n) is 5.01. The Labute approximate surface area is 114 Å². The molecule has 4 heteroatoms. The Hall–Kier alpha value is -0.610. The number of nitrogens with zero attached hydrogens (tertiary/aromatic N) is 2.